The number of para-hydroxylation sites is 1. The average Bonchev–Trinajstić information content (AvgIpc) is 3.14. The molecule has 0 N–H and O–H groups in total. The maximum atomic E-state index is 13.2. The van der Waals surface area contributed by atoms with Crippen molar-refractivity contribution in [1.29, 1.82) is 0 Å². The summed E-state index contributed by atoms with van der Waals surface area (Å²) in [6.45, 7) is 0.226. The van der Waals surface area contributed by atoms with Gasteiger partial charge < -0.3 is 4.90 Å². The second-order valence-corrected chi connectivity index (χ2v) is 11.3. The van der Waals surface area contributed by atoms with Gasteiger partial charge in [0.15, 0.2) is 15.0 Å². The lowest BCUT2D eigenvalue weighted by Gasteiger charge is -2.23. The minimum Gasteiger partial charge on any atom is -0.341 e. The van der Waals surface area contributed by atoms with E-state index in [4.69, 9.17) is 11.6 Å². The molecule has 168 valence electrons. The Kier molecular flexibility index (Phi) is 6.60. The van der Waals surface area contributed by atoms with Gasteiger partial charge in [-0.1, -0.05) is 53.7 Å². The number of carbonyl (C=O) groups is 1. The van der Waals surface area contributed by atoms with Crippen molar-refractivity contribution in [3.05, 3.63) is 69.5 Å². The van der Waals surface area contributed by atoms with Crippen LogP contribution in [0.4, 0.5) is 0 Å². The zero-order valence-corrected chi connectivity index (χ0v) is 19.8. The maximum Gasteiger partial charge on any atom is 0.262 e. The van der Waals surface area contributed by atoms with Gasteiger partial charge in [0.25, 0.3) is 5.56 Å². The van der Waals surface area contributed by atoms with Gasteiger partial charge >= 0.3 is 0 Å². The standard InChI is InChI=1S/C22H22ClN3O4S2/c1-25(16-10-11-32(29,30)14-16)20(27)13-31-22-24-19-9-5-3-7-17(19)21(28)26(22)12-15-6-2-4-8-18(15)23/h2-9,16H,10-14H2,1H3. The molecule has 1 aliphatic rings. The van der Waals surface area contributed by atoms with E-state index in [0.29, 0.717) is 27.5 Å². The first-order chi connectivity index (χ1) is 15.2. The topological polar surface area (TPSA) is 89.3 Å². The van der Waals surface area contributed by atoms with E-state index in [1.165, 1.54) is 9.47 Å². The Morgan fingerprint density at radius 1 is 1.22 bits per heavy atom. The Morgan fingerprint density at radius 3 is 2.66 bits per heavy atom. The SMILES string of the molecule is CN(C(=O)CSc1nc2ccccc2c(=O)n1Cc1ccccc1Cl)C1CCS(=O)(=O)C1. The Balaban J connectivity index is 1.62. The van der Waals surface area contributed by atoms with E-state index >= 15 is 0 Å². The molecule has 4 rings (SSSR count). The molecule has 2 aromatic carbocycles. The van der Waals surface area contributed by atoms with Crippen molar-refractivity contribution in [3.8, 4) is 0 Å². The summed E-state index contributed by atoms with van der Waals surface area (Å²) < 4.78 is 25.0. The summed E-state index contributed by atoms with van der Waals surface area (Å²) >= 11 is 7.47. The van der Waals surface area contributed by atoms with Gasteiger partial charge in [0.05, 0.1) is 34.7 Å². The summed E-state index contributed by atoms with van der Waals surface area (Å²) in [7, 11) is -1.46. The minimum atomic E-state index is -3.09. The fourth-order valence-corrected chi connectivity index (χ4v) is 6.60. The van der Waals surface area contributed by atoms with E-state index in [9.17, 15) is 18.0 Å². The van der Waals surface area contributed by atoms with Crippen LogP contribution in [0, 0.1) is 0 Å². The van der Waals surface area contributed by atoms with Gasteiger partial charge in [-0.2, -0.15) is 0 Å². The molecule has 3 aromatic rings. The molecule has 1 fully saturated rings. The highest BCUT2D eigenvalue weighted by Gasteiger charge is 2.32. The highest BCUT2D eigenvalue weighted by atomic mass is 35.5. The molecule has 32 heavy (non-hydrogen) atoms. The van der Waals surface area contributed by atoms with E-state index in [0.717, 1.165) is 17.3 Å². The molecule has 2 heterocycles. The van der Waals surface area contributed by atoms with E-state index in [1.807, 2.05) is 18.2 Å². The fraction of sp³-hybridized carbons (Fsp3) is 0.318. The van der Waals surface area contributed by atoms with Gasteiger partial charge in [-0.15, -0.1) is 0 Å². The number of thioether (sulfide) groups is 1. The summed E-state index contributed by atoms with van der Waals surface area (Å²) in [6, 6.07) is 14.0. The van der Waals surface area contributed by atoms with Crippen LogP contribution in [0.5, 0.6) is 0 Å². The van der Waals surface area contributed by atoms with Gasteiger partial charge in [0, 0.05) is 18.1 Å². The zero-order valence-electron chi connectivity index (χ0n) is 17.4. The first kappa shape index (κ1) is 22.8. The lowest BCUT2D eigenvalue weighted by atomic mass is 10.2. The number of benzene rings is 2. The lowest BCUT2D eigenvalue weighted by molar-refractivity contribution is -0.128. The Morgan fingerprint density at radius 2 is 1.94 bits per heavy atom. The molecule has 1 aromatic heterocycles. The smallest absolute Gasteiger partial charge is 0.262 e. The quantitative estimate of drug-likeness (QED) is 0.389. The molecule has 10 heteroatoms. The van der Waals surface area contributed by atoms with Crippen LogP contribution in [-0.2, 0) is 21.2 Å². The summed E-state index contributed by atoms with van der Waals surface area (Å²) in [6.07, 6.45) is 0.445. The Bertz CT molecular complexity index is 1340. The molecule has 0 saturated carbocycles. The van der Waals surface area contributed by atoms with Crippen LogP contribution in [0.3, 0.4) is 0 Å². The molecule has 1 amide bonds. The number of hydrogen-bond acceptors (Lipinski definition) is 6. The molecule has 1 atom stereocenters. The average molecular weight is 492 g/mol. The zero-order chi connectivity index (χ0) is 22.9. The fourth-order valence-electron chi connectivity index (χ4n) is 3.71. The number of hydrogen-bond donors (Lipinski definition) is 0. The van der Waals surface area contributed by atoms with Crippen LogP contribution in [-0.4, -0.2) is 59.1 Å². The third kappa shape index (κ3) is 4.84. The van der Waals surface area contributed by atoms with Gasteiger partial charge in [0.1, 0.15) is 0 Å². The largest absolute Gasteiger partial charge is 0.341 e. The molecular weight excluding hydrogens is 470 g/mol. The number of nitrogens with zero attached hydrogens (tertiary/aromatic N) is 3. The number of sulfone groups is 1. The molecule has 0 bridgehead atoms. The molecule has 1 saturated heterocycles. The number of halogens is 1. The van der Waals surface area contributed by atoms with Crippen molar-refractivity contribution in [2.24, 2.45) is 0 Å². The molecule has 1 unspecified atom stereocenters. The summed E-state index contributed by atoms with van der Waals surface area (Å²) in [5, 5.41) is 1.44. The maximum absolute atomic E-state index is 13.2. The third-order valence-corrected chi connectivity index (χ3v) is 8.67. The van der Waals surface area contributed by atoms with Gasteiger partial charge in [-0.25, -0.2) is 13.4 Å². The monoisotopic (exact) mass is 491 g/mol. The number of fused-ring (bicyclic) bond motifs is 1. The van der Waals surface area contributed by atoms with Gasteiger partial charge in [-0.05, 0) is 30.2 Å². The summed E-state index contributed by atoms with van der Waals surface area (Å²) in [5.74, 6) is -0.0682. The second-order valence-electron chi connectivity index (χ2n) is 7.74. The normalized spacial score (nSPS) is 17.5. The Labute approximate surface area is 195 Å². The highest BCUT2D eigenvalue weighted by Crippen LogP contribution is 2.23. The molecule has 0 aliphatic carbocycles. The highest BCUT2D eigenvalue weighted by molar-refractivity contribution is 7.99. The van der Waals surface area contributed by atoms with E-state index in [2.05, 4.69) is 4.98 Å². The first-order valence-electron chi connectivity index (χ1n) is 10.1. The molecule has 0 radical (unpaired) electrons. The number of amides is 1. The minimum absolute atomic E-state index is 0.00859. The van der Waals surface area contributed by atoms with Gasteiger partial charge in [0.2, 0.25) is 5.91 Å². The van der Waals surface area contributed by atoms with Crippen molar-refractivity contribution < 1.29 is 13.2 Å². The molecular formula is C22H22ClN3O4S2. The van der Waals surface area contributed by atoms with Gasteiger partial charge in [-0.3, -0.25) is 14.2 Å². The first-order valence-corrected chi connectivity index (χ1v) is 13.3. The second kappa shape index (κ2) is 9.25. The molecule has 7 nitrogen and oxygen atoms in total. The Hall–Kier alpha value is -2.36. The van der Waals surface area contributed by atoms with Crippen LogP contribution in [0.25, 0.3) is 10.9 Å². The van der Waals surface area contributed by atoms with Crippen molar-refractivity contribution in [2.75, 3.05) is 24.3 Å². The number of rotatable bonds is 6. The van der Waals surface area contributed by atoms with Crippen LogP contribution >= 0.6 is 23.4 Å². The third-order valence-electron chi connectivity index (χ3n) is 5.59. The van der Waals surface area contributed by atoms with E-state index in [-0.39, 0.29) is 41.3 Å². The van der Waals surface area contributed by atoms with Crippen LogP contribution in [0.1, 0.15) is 12.0 Å². The van der Waals surface area contributed by atoms with Crippen molar-refractivity contribution >= 4 is 50.0 Å². The van der Waals surface area contributed by atoms with Crippen molar-refractivity contribution in [1.82, 2.24) is 14.5 Å². The lowest BCUT2D eigenvalue weighted by Crippen LogP contribution is -2.39. The van der Waals surface area contributed by atoms with Crippen LogP contribution in [0.2, 0.25) is 5.02 Å². The predicted molar refractivity (Wildman–Crippen MR) is 127 cm³/mol. The predicted octanol–water partition coefficient (Wildman–Crippen LogP) is 2.84. The van der Waals surface area contributed by atoms with Crippen LogP contribution < -0.4 is 5.56 Å². The van der Waals surface area contributed by atoms with E-state index in [1.54, 1.807) is 37.4 Å². The number of carbonyl (C=O) groups excluding carboxylic acids is 1. The summed E-state index contributed by atoms with van der Waals surface area (Å²) in [4.78, 5) is 32.1. The number of aromatic nitrogens is 2. The van der Waals surface area contributed by atoms with Crippen molar-refractivity contribution in [3.63, 3.8) is 0 Å². The van der Waals surface area contributed by atoms with Crippen molar-refractivity contribution in [2.45, 2.75) is 24.2 Å². The van der Waals surface area contributed by atoms with E-state index < -0.39 is 9.84 Å². The summed E-state index contributed by atoms with van der Waals surface area (Å²) in [5.41, 5.74) is 1.12. The molecule has 1 aliphatic heterocycles. The van der Waals surface area contributed by atoms with Crippen LogP contribution in [0.15, 0.2) is 58.5 Å². The molecule has 0 spiro atoms.